The Balaban J connectivity index is 1.41. The van der Waals surface area contributed by atoms with Crippen LogP contribution in [0.2, 0.25) is 0 Å². The largest absolute Gasteiger partial charge is 0.345 e. The van der Waals surface area contributed by atoms with Crippen molar-refractivity contribution >= 4 is 28.8 Å². The van der Waals surface area contributed by atoms with Crippen molar-refractivity contribution in [3.63, 3.8) is 0 Å². The maximum absolute atomic E-state index is 12.5. The molecule has 4 rings (SSSR count). The van der Waals surface area contributed by atoms with Crippen LogP contribution in [-0.4, -0.2) is 11.8 Å². The zero-order valence-electron chi connectivity index (χ0n) is 14.1. The van der Waals surface area contributed by atoms with Gasteiger partial charge in [0.25, 0.3) is 11.8 Å². The predicted octanol–water partition coefficient (Wildman–Crippen LogP) is 4.42. The minimum absolute atomic E-state index is 0.0666. The first kappa shape index (κ1) is 16.5. The standard InChI is InChI=1S/C21H18N2O2S/c24-20(23-18-12-9-14-4-1-2-5-17(14)18)15-7-10-16(11-8-15)22-21(25)19-6-3-13-26-19/h1-8,10-11,13,18H,9,12H2,(H,22,25)(H,23,24). The molecule has 1 aromatic heterocycles. The number of amides is 2. The van der Waals surface area contributed by atoms with Crippen LogP contribution in [0.25, 0.3) is 0 Å². The van der Waals surface area contributed by atoms with E-state index in [1.165, 1.54) is 22.5 Å². The van der Waals surface area contributed by atoms with E-state index < -0.39 is 0 Å². The molecule has 26 heavy (non-hydrogen) atoms. The van der Waals surface area contributed by atoms with Gasteiger partial charge in [-0.25, -0.2) is 0 Å². The molecule has 4 nitrogen and oxygen atoms in total. The third-order valence-corrected chi connectivity index (χ3v) is 5.46. The van der Waals surface area contributed by atoms with Gasteiger partial charge in [-0.05, 0) is 59.7 Å². The smallest absolute Gasteiger partial charge is 0.265 e. The molecule has 130 valence electrons. The molecule has 0 aliphatic heterocycles. The van der Waals surface area contributed by atoms with Gasteiger partial charge < -0.3 is 10.6 Å². The van der Waals surface area contributed by atoms with Crippen LogP contribution < -0.4 is 10.6 Å². The second-order valence-corrected chi connectivity index (χ2v) is 7.22. The Kier molecular flexibility index (Phi) is 4.54. The molecule has 0 radical (unpaired) electrons. The van der Waals surface area contributed by atoms with E-state index >= 15 is 0 Å². The van der Waals surface area contributed by atoms with E-state index in [1.807, 2.05) is 23.6 Å². The van der Waals surface area contributed by atoms with Crippen LogP contribution in [0.5, 0.6) is 0 Å². The van der Waals surface area contributed by atoms with Gasteiger partial charge in [0.2, 0.25) is 0 Å². The van der Waals surface area contributed by atoms with Gasteiger partial charge in [0.15, 0.2) is 0 Å². The predicted molar refractivity (Wildman–Crippen MR) is 104 cm³/mol. The molecule has 1 aliphatic carbocycles. The van der Waals surface area contributed by atoms with Crippen molar-refractivity contribution < 1.29 is 9.59 Å². The summed E-state index contributed by atoms with van der Waals surface area (Å²) in [6.45, 7) is 0. The monoisotopic (exact) mass is 362 g/mol. The van der Waals surface area contributed by atoms with Crippen LogP contribution in [0, 0.1) is 0 Å². The maximum atomic E-state index is 12.5. The molecule has 2 N–H and O–H groups in total. The summed E-state index contributed by atoms with van der Waals surface area (Å²) in [5.41, 5.74) is 3.78. The van der Waals surface area contributed by atoms with Crippen molar-refractivity contribution in [1.29, 1.82) is 0 Å². The van der Waals surface area contributed by atoms with Gasteiger partial charge in [0.1, 0.15) is 0 Å². The van der Waals surface area contributed by atoms with Crippen LogP contribution in [0.15, 0.2) is 66.0 Å². The number of fused-ring (bicyclic) bond motifs is 1. The highest BCUT2D eigenvalue weighted by Gasteiger charge is 2.23. The Morgan fingerprint density at radius 1 is 0.923 bits per heavy atom. The molecule has 0 saturated carbocycles. The van der Waals surface area contributed by atoms with Gasteiger partial charge in [-0.2, -0.15) is 0 Å². The molecule has 0 fully saturated rings. The van der Waals surface area contributed by atoms with Gasteiger partial charge in [0, 0.05) is 11.3 Å². The molecular weight excluding hydrogens is 344 g/mol. The van der Waals surface area contributed by atoms with Crippen LogP contribution in [0.3, 0.4) is 0 Å². The number of carbonyl (C=O) groups is 2. The molecular formula is C21H18N2O2S. The Morgan fingerprint density at radius 2 is 1.73 bits per heavy atom. The molecule has 1 heterocycles. The highest BCUT2D eigenvalue weighted by atomic mass is 32.1. The molecule has 1 unspecified atom stereocenters. The lowest BCUT2D eigenvalue weighted by Gasteiger charge is -2.14. The molecule has 2 amide bonds. The number of thiophene rings is 1. The molecule has 0 bridgehead atoms. The van der Waals surface area contributed by atoms with Crippen LogP contribution in [0.4, 0.5) is 5.69 Å². The minimum Gasteiger partial charge on any atom is -0.345 e. The summed E-state index contributed by atoms with van der Waals surface area (Å²) in [5.74, 6) is -0.234. The van der Waals surface area contributed by atoms with Crippen molar-refractivity contribution in [2.45, 2.75) is 18.9 Å². The number of anilines is 1. The topological polar surface area (TPSA) is 58.2 Å². The summed E-state index contributed by atoms with van der Waals surface area (Å²) in [6, 6.07) is 18.9. The summed E-state index contributed by atoms with van der Waals surface area (Å²) in [6.07, 6.45) is 1.93. The molecule has 5 heteroatoms. The fraction of sp³-hybridized carbons (Fsp3) is 0.143. The number of hydrogen-bond acceptors (Lipinski definition) is 3. The molecule has 1 aliphatic rings. The maximum Gasteiger partial charge on any atom is 0.265 e. The Hall–Kier alpha value is -2.92. The fourth-order valence-electron chi connectivity index (χ4n) is 3.25. The summed E-state index contributed by atoms with van der Waals surface area (Å²) in [7, 11) is 0. The summed E-state index contributed by atoms with van der Waals surface area (Å²) < 4.78 is 0. The van der Waals surface area contributed by atoms with Crippen molar-refractivity contribution in [2.75, 3.05) is 5.32 Å². The zero-order chi connectivity index (χ0) is 17.9. The first-order chi connectivity index (χ1) is 12.7. The van der Waals surface area contributed by atoms with Gasteiger partial charge in [-0.15, -0.1) is 11.3 Å². The summed E-state index contributed by atoms with van der Waals surface area (Å²) in [5, 5.41) is 7.81. The van der Waals surface area contributed by atoms with E-state index in [-0.39, 0.29) is 17.9 Å². The lowest BCUT2D eigenvalue weighted by Crippen LogP contribution is -2.27. The Labute approximate surface area is 155 Å². The SMILES string of the molecule is O=C(NC1CCc2ccccc21)c1ccc(NC(=O)c2cccs2)cc1. The first-order valence-corrected chi connectivity index (χ1v) is 9.42. The average Bonchev–Trinajstić information content (AvgIpc) is 3.33. The summed E-state index contributed by atoms with van der Waals surface area (Å²) in [4.78, 5) is 25.3. The number of benzene rings is 2. The number of carbonyl (C=O) groups excluding carboxylic acids is 2. The third-order valence-electron chi connectivity index (χ3n) is 4.59. The van der Waals surface area contributed by atoms with Crippen LogP contribution in [0.1, 0.15) is 43.6 Å². The first-order valence-electron chi connectivity index (χ1n) is 8.54. The highest BCUT2D eigenvalue weighted by Crippen LogP contribution is 2.30. The van der Waals surface area contributed by atoms with Crippen molar-refractivity contribution in [1.82, 2.24) is 5.32 Å². The highest BCUT2D eigenvalue weighted by molar-refractivity contribution is 7.12. The van der Waals surface area contributed by atoms with Crippen molar-refractivity contribution in [2.24, 2.45) is 0 Å². The minimum atomic E-state index is -0.139. The normalized spacial score (nSPS) is 15.3. The molecule has 0 spiro atoms. The molecule has 2 aromatic carbocycles. The van der Waals surface area contributed by atoms with Crippen molar-refractivity contribution in [3.8, 4) is 0 Å². The van der Waals surface area contributed by atoms with Crippen LogP contribution in [-0.2, 0) is 6.42 Å². The number of hydrogen-bond donors (Lipinski definition) is 2. The number of nitrogens with one attached hydrogen (secondary N) is 2. The average molecular weight is 362 g/mol. The van der Waals surface area contributed by atoms with Gasteiger partial charge in [-0.1, -0.05) is 30.3 Å². The van der Waals surface area contributed by atoms with Gasteiger partial charge in [-0.3, -0.25) is 9.59 Å². The van der Waals surface area contributed by atoms with Gasteiger partial charge in [0.05, 0.1) is 10.9 Å². The van der Waals surface area contributed by atoms with Crippen LogP contribution >= 0.6 is 11.3 Å². The number of aryl methyl sites for hydroxylation is 1. The second kappa shape index (κ2) is 7.14. The third kappa shape index (κ3) is 3.39. The van der Waals surface area contributed by atoms with E-state index in [0.29, 0.717) is 16.1 Å². The number of rotatable bonds is 4. The lowest BCUT2D eigenvalue weighted by atomic mass is 10.1. The molecule has 1 atom stereocenters. The van der Waals surface area contributed by atoms with E-state index in [2.05, 4.69) is 22.8 Å². The summed E-state index contributed by atoms with van der Waals surface area (Å²) >= 11 is 1.39. The Morgan fingerprint density at radius 3 is 2.50 bits per heavy atom. The zero-order valence-corrected chi connectivity index (χ0v) is 14.9. The molecule has 3 aromatic rings. The van der Waals surface area contributed by atoms with E-state index in [1.54, 1.807) is 30.3 Å². The van der Waals surface area contributed by atoms with E-state index in [4.69, 9.17) is 0 Å². The molecule has 0 saturated heterocycles. The Bertz CT molecular complexity index is 933. The van der Waals surface area contributed by atoms with E-state index in [0.717, 1.165) is 12.8 Å². The van der Waals surface area contributed by atoms with E-state index in [9.17, 15) is 9.59 Å². The lowest BCUT2D eigenvalue weighted by molar-refractivity contribution is 0.0936. The fourth-order valence-corrected chi connectivity index (χ4v) is 3.87. The van der Waals surface area contributed by atoms with Crippen molar-refractivity contribution in [3.05, 3.63) is 87.6 Å². The quantitative estimate of drug-likeness (QED) is 0.722. The van der Waals surface area contributed by atoms with Gasteiger partial charge >= 0.3 is 0 Å². The second-order valence-electron chi connectivity index (χ2n) is 6.27.